The molecule has 123 valence electrons. The molecule has 0 fully saturated rings. The van der Waals surface area contributed by atoms with E-state index in [4.69, 9.17) is 5.73 Å². The van der Waals surface area contributed by atoms with Gasteiger partial charge in [-0.05, 0) is 12.5 Å². The van der Waals surface area contributed by atoms with E-state index >= 15 is 0 Å². The van der Waals surface area contributed by atoms with Crippen LogP contribution in [0.2, 0.25) is 0 Å². The second-order valence-electron chi connectivity index (χ2n) is 4.98. The maximum absolute atomic E-state index is 12.6. The number of fused-ring (bicyclic) bond motifs is 2. The summed E-state index contributed by atoms with van der Waals surface area (Å²) in [6.07, 6.45) is 0. The van der Waals surface area contributed by atoms with Gasteiger partial charge in [-0.15, -0.1) is 5.69 Å². The normalized spacial score (nSPS) is 12.6. The molecule has 0 aromatic heterocycles. The number of nitrogens with one attached hydrogen (secondary N) is 1. The first-order valence-corrected chi connectivity index (χ1v) is 7.72. The summed E-state index contributed by atoms with van der Waals surface area (Å²) < 4.78 is 32.0. The zero-order valence-corrected chi connectivity index (χ0v) is 15.0. The van der Waals surface area contributed by atoms with Crippen molar-refractivity contribution in [3.05, 3.63) is 71.3 Å². The summed E-state index contributed by atoms with van der Waals surface area (Å²) in [4.78, 5) is 24.6. The van der Waals surface area contributed by atoms with Crippen LogP contribution in [-0.2, 0) is 28.7 Å². The molecule has 0 unspecified atom stereocenters. The molecule has 2 aromatic carbocycles. The quantitative estimate of drug-likeness (QED) is 0.513. The Labute approximate surface area is 151 Å². The minimum absolute atomic E-state index is 0. The molecule has 0 bridgehead atoms. The van der Waals surface area contributed by atoms with Crippen molar-refractivity contribution in [2.75, 3.05) is 0 Å². The van der Waals surface area contributed by atoms with Crippen molar-refractivity contribution >= 4 is 27.4 Å². The third-order valence-corrected chi connectivity index (χ3v) is 4.67. The predicted molar refractivity (Wildman–Crippen MR) is 84.7 cm³/mol. The third-order valence-electron chi connectivity index (χ3n) is 3.69. The SMILES string of the molecule is Cc1c(S(=O)(=O)O)cc([NH-])c2c1C(=O)c1ccccc1C2=O.[CH3-].[V+2]. The molecule has 24 heavy (non-hydrogen) atoms. The first-order chi connectivity index (χ1) is 10.2. The Morgan fingerprint density at radius 2 is 1.46 bits per heavy atom. The topological polar surface area (TPSA) is 112 Å². The molecule has 0 spiro atoms. The van der Waals surface area contributed by atoms with Crippen LogP contribution in [0.5, 0.6) is 0 Å². The fraction of sp³-hybridized carbons (Fsp3) is 0.0625. The molecule has 0 saturated carbocycles. The van der Waals surface area contributed by atoms with Crippen molar-refractivity contribution < 1.29 is 41.1 Å². The van der Waals surface area contributed by atoms with Gasteiger partial charge in [0.05, 0.1) is 4.90 Å². The van der Waals surface area contributed by atoms with E-state index in [0.29, 0.717) is 0 Å². The van der Waals surface area contributed by atoms with Gasteiger partial charge in [-0.2, -0.15) is 8.42 Å². The molecule has 3 rings (SSSR count). The van der Waals surface area contributed by atoms with Gasteiger partial charge in [0.1, 0.15) is 0 Å². The maximum atomic E-state index is 12.6. The Balaban J connectivity index is 0.00000144. The van der Waals surface area contributed by atoms with Crippen LogP contribution in [0, 0.1) is 14.4 Å². The van der Waals surface area contributed by atoms with E-state index in [2.05, 4.69) is 0 Å². The molecule has 0 amide bonds. The Hall–Kier alpha value is -1.93. The zero-order valence-electron chi connectivity index (χ0n) is 12.8. The summed E-state index contributed by atoms with van der Waals surface area (Å²) in [5, 5.41) is 0. The Kier molecular flexibility index (Phi) is 5.47. The average molecular weight is 382 g/mol. The van der Waals surface area contributed by atoms with E-state index in [9.17, 15) is 22.6 Å². The van der Waals surface area contributed by atoms with Crippen molar-refractivity contribution in [1.29, 1.82) is 0 Å². The smallest absolute Gasteiger partial charge is 0.698 e. The number of benzene rings is 2. The summed E-state index contributed by atoms with van der Waals surface area (Å²) in [6, 6.07) is 7.06. The van der Waals surface area contributed by atoms with Crippen molar-refractivity contribution in [2.24, 2.45) is 0 Å². The minimum Gasteiger partial charge on any atom is -0.698 e. The van der Waals surface area contributed by atoms with Crippen molar-refractivity contribution in [3.8, 4) is 0 Å². The van der Waals surface area contributed by atoms with Crippen LogP contribution in [0.3, 0.4) is 0 Å². The van der Waals surface area contributed by atoms with Crippen molar-refractivity contribution in [2.45, 2.75) is 11.8 Å². The van der Waals surface area contributed by atoms with Gasteiger partial charge < -0.3 is 13.2 Å². The Morgan fingerprint density at radius 3 is 1.92 bits per heavy atom. The molecule has 1 aliphatic rings. The molecule has 1 radical (unpaired) electrons. The summed E-state index contributed by atoms with van der Waals surface area (Å²) >= 11 is 0. The average Bonchev–Trinajstić information content (AvgIpc) is 2.45. The van der Waals surface area contributed by atoms with Gasteiger partial charge in [-0.3, -0.25) is 14.1 Å². The van der Waals surface area contributed by atoms with Gasteiger partial charge >= 0.3 is 18.6 Å². The minimum atomic E-state index is -4.59. The zero-order chi connectivity index (χ0) is 16.2. The molecular formula is C16H13NO5SV. The Morgan fingerprint density at radius 1 is 1.00 bits per heavy atom. The molecule has 0 atom stereocenters. The fourth-order valence-electron chi connectivity index (χ4n) is 2.69. The van der Waals surface area contributed by atoms with Crippen LogP contribution < -0.4 is 0 Å². The van der Waals surface area contributed by atoms with Gasteiger partial charge in [0.25, 0.3) is 10.1 Å². The molecule has 2 aromatic rings. The fourth-order valence-corrected chi connectivity index (χ4v) is 3.45. The molecule has 0 saturated heterocycles. The molecule has 6 nitrogen and oxygen atoms in total. The van der Waals surface area contributed by atoms with Gasteiger partial charge in [0.15, 0.2) is 11.6 Å². The summed E-state index contributed by atoms with van der Waals surface area (Å²) in [6.45, 7) is 1.33. The molecule has 8 heteroatoms. The molecule has 1 aliphatic carbocycles. The van der Waals surface area contributed by atoms with Crippen molar-refractivity contribution in [3.63, 3.8) is 0 Å². The van der Waals surface area contributed by atoms with Crippen LogP contribution in [-0.4, -0.2) is 24.5 Å². The summed E-state index contributed by atoms with van der Waals surface area (Å²) in [5.41, 5.74) is 7.53. The van der Waals surface area contributed by atoms with Gasteiger partial charge in [0.2, 0.25) is 0 Å². The van der Waals surface area contributed by atoms with Crippen LogP contribution in [0.4, 0.5) is 5.69 Å². The molecule has 0 aliphatic heterocycles. The summed E-state index contributed by atoms with van der Waals surface area (Å²) in [7, 11) is -4.59. The van der Waals surface area contributed by atoms with Crippen molar-refractivity contribution in [1.82, 2.24) is 0 Å². The third kappa shape index (κ3) is 2.80. The Bertz CT molecular complexity index is 967. The van der Waals surface area contributed by atoms with E-state index in [1.54, 1.807) is 12.1 Å². The first kappa shape index (κ1) is 20.1. The first-order valence-electron chi connectivity index (χ1n) is 6.28. The van der Waals surface area contributed by atoms with Crippen LogP contribution in [0.15, 0.2) is 35.2 Å². The predicted octanol–water partition coefficient (Wildman–Crippen LogP) is 3.15. The maximum Gasteiger partial charge on any atom is 2.00 e. The largest absolute Gasteiger partial charge is 2.00 e. The monoisotopic (exact) mass is 382 g/mol. The number of hydrogen-bond acceptors (Lipinski definition) is 4. The number of carbonyl (C=O) groups is 2. The second-order valence-corrected chi connectivity index (χ2v) is 6.37. The number of ketones is 2. The van der Waals surface area contributed by atoms with Crippen LogP contribution >= 0.6 is 0 Å². The van der Waals surface area contributed by atoms with Crippen LogP contribution in [0.1, 0.15) is 37.4 Å². The van der Waals surface area contributed by atoms with E-state index in [0.717, 1.165) is 6.07 Å². The van der Waals surface area contributed by atoms with E-state index in [1.165, 1.54) is 19.1 Å². The molecular weight excluding hydrogens is 369 g/mol. The van der Waals surface area contributed by atoms with Gasteiger partial charge in [0, 0.05) is 22.3 Å². The second kappa shape index (κ2) is 6.53. The molecule has 0 heterocycles. The van der Waals surface area contributed by atoms with E-state index in [1.807, 2.05) is 0 Å². The number of rotatable bonds is 1. The summed E-state index contributed by atoms with van der Waals surface area (Å²) in [5.74, 6) is -1.03. The van der Waals surface area contributed by atoms with Gasteiger partial charge in [-0.1, -0.05) is 30.3 Å². The van der Waals surface area contributed by atoms with Crippen LogP contribution in [0.25, 0.3) is 5.73 Å². The number of carbonyl (C=O) groups excluding carboxylic acids is 2. The number of hydrogen-bond donors (Lipinski definition) is 1. The van der Waals surface area contributed by atoms with E-state index in [-0.39, 0.29) is 53.8 Å². The van der Waals surface area contributed by atoms with E-state index < -0.39 is 32.3 Å². The standard InChI is InChI=1S/C15H11NO5S.CH3.V/c1-7-11(22(19,20)21)6-10(16)13-12(7)14(17)8-4-2-3-5-9(8)15(13)18;;/h2-6H,1H3,(H3,16,18,19,20,21);1H3;/q;-1;+2/p-1. The van der Waals surface area contributed by atoms with Gasteiger partial charge in [-0.25, -0.2) is 0 Å². The molecule has 2 N–H and O–H groups in total.